The van der Waals surface area contributed by atoms with E-state index in [0.717, 1.165) is 17.6 Å². The van der Waals surface area contributed by atoms with Crippen molar-refractivity contribution in [2.24, 2.45) is 0 Å². The topological polar surface area (TPSA) is 82.0 Å². The third-order valence-corrected chi connectivity index (χ3v) is 3.80. The second-order valence-corrected chi connectivity index (χ2v) is 5.46. The zero-order valence-electron chi connectivity index (χ0n) is 9.84. The van der Waals surface area contributed by atoms with Gasteiger partial charge in [0.2, 0.25) is 0 Å². The summed E-state index contributed by atoms with van der Waals surface area (Å²) < 4.78 is 27.9. The van der Waals surface area contributed by atoms with Crippen molar-refractivity contribution in [3.63, 3.8) is 0 Å². The molecule has 1 heterocycles. The molecule has 0 saturated carbocycles. The SMILES string of the molecule is CCC1=CNS(=O)(=O)NC1c1ccc(C#N)cc1. The molecule has 6 heteroatoms. The van der Waals surface area contributed by atoms with Crippen LogP contribution >= 0.6 is 0 Å². The Morgan fingerprint density at radius 1 is 1.33 bits per heavy atom. The fraction of sp³-hybridized carbons (Fsp3) is 0.250. The van der Waals surface area contributed by atoms with Gasteiger partial charge < -0.3 is 0 Å². The molecule has 1 unspecified atom stereocenters. The van der Waals surface area contributed by atoms with E-state index in [1.54, 1.807) is 24.3 Å². The highest BCUT2D eigenvalue weighted by molar-refractivity contribution is 7.87. The van der Waals surface area contributed by atoms with Gasteiger partial charge in [-0.05, 0) is 29.7 Å². The number of nitriles is 1. The van der Waals surface area contributed by atoms with Gasteiger partial charge in [0.1, 0.15) is 0 Å². The highest BCUT2D eigenvalue weighted by atomic mass is 32.2. The summed E-state index contributed by atoms with van der Waals surface area (Å²) in [7, 11) is -3.48. The van der Waals surface area contributed by atoms with Crippen LogP contribution in [0.25, 0.3) is 0 Å². The van der Waals surface area contributed by atoms with E-state index in [0.29, 0.717) is 5.56 Å². The van der Waals surface area contributed by atoms with Crippen molar-refractivity contribution in [2.45, 2.75) is 19.4 Å². The van der Waals surface area contributed by atoms with Crippen LogP contribution in [0.1, 0.15) is 30.5 Å². The zero-order valence-corrected chi connectivity index (χ0v) is 10.7. The van der Waals surface area contributed by atoms with Crippen molar-refractivity contribution in [3.8, 4) is 6.07 Å². The molecule has 0 fully saturated rings. The van der Waals surface area contributed by atoms with E-state index in [9.17, 15) is 8.42 Å². The van der Waals surface area contributed by atoms with E-state index in [2.05, 4.69) is 9.44 Å². The molecular formula is C12H13N3O2S. The van der Waals surface area contributed by atoms with Crippen LogP contribution in [0.4, 0.5) is 0 Å². The van der Waals surface area contributed by atoms with Crippen LogP contribution in [0.15, 0.2) is 36.0 Å². The summed E-state index contributed by atoms with van der Waals surface area (Å²) in [6.45, 7) is 1.96. The minimum Gasteiger partial charge on any atom is -0.278 e. The van der Waals surface area contributed by atoms with Gasteiger partial charge in [0.15, 0.2) is 0 Å². The number of nitrogens with one attached hydrogen (secondary N) is 2. The van der Waals surface area contributed by atoms with Crippen LogP contribution in [0.2, 0.25) is 0 Å². The Bertz CT molecular complexity index is 612. The highest BCUT2D eigenvalue weighted by Gasteiger charge is 2.25. The molecule has 1 aromatic rings. The maximum atomic E-state index is 11.5. The van der Waals surface area contributed by atoms with Crippen molar-refractivity contribution in [1.29, 1.82) is 5.26 Å². The van der Waals surface area contributed by atoms with Crippen molar-refractivity contribution in [3.05, 3.63) is 47.2 Å². The molecule has 0 spiro atoms. The highest BCUT2D eigenvalue weighted by Crippen LogP contribution is 2.26. The first-order chi connectivity index (χ1) is 8.55. The van der Waals surface area contributed by atoms with E-state index < -0.39 is 10.2 Å². The first kappa shape index (κ1) is 12.6. The molecule has 1 atom stereocenters. The van der Waals surface area contributed by atoms with Gasteiger partial charge >= 0.3 is 0 Å². The fourth-order valence-corrected chi connectivity index (χ4v) is 2.81. The summed E-state index contributed by atoms with van der Waals surface area (Å²) in [6, 6.07) is 8.55. The van der Waals surface area contributed by atoms with E-state index >= 15 is 0 Å². The lowest BCUT2D eigenvalue weighted by molar-refractivity contribution is 0.553. The van der Waals surface area contributed by atoms with E-state index in [-0.39, 0.29) is 6.04 Å². The molecule has 1 aliphatic rings. The molecule has 94 valence electrons. The molecule has 0 amide bonds. The lowest BCUT2D eigenvalue weighted by atomic mass is 9.97. The predicted molar refractivity (Wildman–Crippen MR) is 67.5 cm³/mol. The van der Waals surface area contributed by atoms with Gasteiger partial charge in [-0.15, -0.1) is 0 Å². The van der Waals surface area contributed by atoms with Gasteiger partial charge in [0, 0.05) is 6.20 Å². The largest absolute Gasteiger partial charge is 0.299 e. The molecular weight excluding hydrogens is 250 g/mol. The summed E-state index contributed by atoms with van der Waals surface area (Å²) in [4.78, 5) is 0. The maximum Gasteiger partial charge on any atom is 0.299 e. The third-order valence-electron chi connectivity index (χ3n) is 2.82. The fourth-order valence-electron chi connectivity index (χ4n) is 1.84. The summed E-state index contributed by atoms with van der Waals surface area (Å²) in [5.41, 5.74) is 2.33. The molecule has 0 radical (unpaired) electrons. The lowest BCUT2D eigenvalue weighted by Gasteiger charge is -2.25. The summed E-state index contributed by atoms with van der Waals surface area (Å²) in [6.07, 6.45) is 2.26. The van der Waals surface area contributed by atoms with Gasteiger partial charge in [-0.25, -0.2) is 0 Å². The van der Waals surface area contributed by atoms with Gasteiger partial charge in [0.25, 0.3) is 10.2 Å². The van der Waals surface area contributed by atoms with Crippen LogP contribution in [0.3, 0.4) is 0 Å². The van der Waals surface area contributed by atoms with Crippen LogP contribution < -0.4 is 9.44 Å². The Kier molecular flexibility index (Phi) is 3.36. The van der Waals surface area contributed by atoms with Crippen LogP contribution in [-0.2, 0) is 10.2 Å². The van der Waals surface area contributed by atoms with Gasteiger partial charge in [-0.1, -0.05) is 19.1 Å². The van der Waals surface area contributed by atoms with Crippen molar-refractivity contribution in [2.75, 3.05) is 0 Å². The number of rotatable bonds is 2. The molecule has 5 nitrogen and oxygen atoms in total. The smallest absolute Gasteiger partial charge is 0.278 e. The van der Waals surface area contributed by atoms with E-state index in [4.69, 9.17) is 5.26 Å². The molecule has 1 aliphatic heterocycles. The number of hydrogen-bond acceptors (Lipinski definition) is 3. The van der Waals surface area contributed by atoms with Crippen LogP contribution in [0.5, 0.6) is 0 Å². The van der Waals surface area contributed by atoms with Gasteiger partial charge in [0.05, 0.1) is 17.7 Å². The van der Waals surface area contributed by atoms with Crippen LogP contribution in [-0.4, -0.2) is 8.42 Å². The second kappa shape index (κ2) is 4.80. The molecule has 0 bridgehead atoms. The monoisotopic (exact) mass is 263 g/mol. The Morgan fingerprint density at radius 3 is 2.56 bits per heavy atom. The Balaban J connectivity index is 2.38. The van der Waals surface area contributed by atoms with E-state index in [1.807, 2.05) is 13.0 Å². The second-order valence-electron chi connectivity index (χ2n) is 3.98. The van der Waals surface area contributed by atoms with Crippen molar-refractivity contribution < 1.29 is 8.42 Å². The summed E-state index contributed by atoms with van der Waals surface area (Å²) in [5, 5.41) is 8.74. The average molecular weight is 263 g/mol. The first-order valence-electron chi connectivity index (χ1n) is 5.54. The standard InChI is InChI=1S/C12H13N3O2S/c1-2-10-8-14-18(16,17)15-12(10)11-5-3-9(7-13)4-6-11/h3-6,8,12,14-15H,2H2,1H3. The summed E-state index contributed by atoms with van der Waals surface area (Å²) >= 11 is 0. The Labute approximate surface area is 106 Å². The minimum atomic E-state index is -3.48. The van der Waals surface area contributed by atoms with Crippen molar-refractivity contribution in [1.82, 2.24) is 9.44 Å². The number of hydrogen-bond donors (Lipinski definition) is 2. The lowest BCUT2D eigenvalue weighted by Crippen LogP contribution is -2.41. The predicted octanol–water partition coefficient (Wildman–Crippen LogP) is 1.33. The maximum absolute atomic E-state index is 11.5. The molecule has 18 heavy (non-hydrogen) atoms. The quantitative estimate of drug-likeness (QED) is 0.844. The first-order valence-corrected chi connectivity index (χ1v) is 7.02. The normalized spacial score (nSPS) is 21.6. The van der Waals surface area contributed by atoms with E-state index in [1.165, 1.54) is 6.20 Å². The minimum absolute atomic E-state index is 0.367. The average Bonchev–Trinajstić information content (AvgIpc) is 2.38. The molecule has 0 aliphatic carbocycles. The van der Waals surface area contributed by atoms with Gasteiger partial charge in [-0.3, -0.25) is 4.72 Å². The van der Waals surface area contributed by atoms with Gasteiger partial charge in [-0.2, -0.15) is 18.4 Å². The third kappa shape index (κ3) is 2.53. The molecule has 0 aromatic heterocycles. The Hall–Kier alpha value is -1.84. The summed E-state index contributed by atoms with van der Waals surface area (Å²) in [5.74, 6) is 0. The number of nitrogens with zero attached hydrogens (tertiary/aromatic N) is 1. The molecule has 2 N–H and O–H groups in total. The molecule has 1 aromatic carbocycles. The van der Waals surface area contributed by atoms with Crippen molar-refractivity contribution >= 4 is 10.2 Å². The zero-order chi connectivity index (χ0) is 13.2. The molecule has 0 saturated heterocycles. The Morgan fingerprint density at radius 2 is 2.00 bits per heavy atom. The molecule has 2 rings (SSSR count). The number of benzene rings is 1. The van der Waals surface area contributed by atoms with Crippen LogP contribution in [0, 0.1) is 11.3 Å².